The van der Waals surface area contributed by atoms with E-state index in [-0.39, 0.29) is 18.9 Å². The van der Waals surface area contributed by atoms with Crippen molar-refractivity contribution in [2.75, 3.05) is 19.6 Å². The van der Waals surface area contributed by atoms with Crippen LogP contribution in [-0.4, -0.2) is 69.7 Å². The summed E-state index contributed by atoms with van der Waals surface area (Å²) < 4.78 is 0. The molecule has 6 heteroatoms. The van der Waals surface area contributed by atoms with Gasteiger partial charge in [0.25, 0.3) is 0 Å². The fourth-order valence-electron chi connectivity index (χ4n) is 2.45. The first kappa shape index (κ1) is 14.9. The smallest absolute Gasteiger partial charge is 0.321 e. The van der Waals surface area contributed by atoms with Crippen molar-refractivity contribution >= 4 is 11.9 Å². The van der Waals surface area contributed by atoms with Crippen molar-refractivity contribution in [3.05, 3.63) is 0 Å². The van der Waals surface area contributed by atoms with Crippen LogP contribution < -0.4 is 0 Å². The lowest BCUT2D eigenvalue weighted by molar-refractivity contribution is -0.145. The SMILES string of the molecule is CCN(CC)C(=O)C(C)N1CC(O)CC1C(=O)O. The minimum atomic E-state index is -0.981. The van der Waals surface area contributed by atoms with Crippen molar-refractivity contribution < 1.29 is 19.8 Å². The van der Waals surface area contributed by atoms with Crippen LogP contribution in [0.4, 0.5) is 0 Å². The van der Waals surface area contributed by atoms with Gasteiger partial charge in [0.05, 0.1) is 12.1 Å². The third-order valence-electron chi connectivity index (χ3n) is 3.53. The van der Waals surface area contributed by atoms with Crippen molar-refractivity contribution in [2.24, 2.45) is 0 Å². The molecule has 3 atom stereocenters. The zero-order chi connectivity index (χ0) is 13.9. The van der Waals surface area contributed by atoms with Gasteiger partial charge in [0.2, 0.25) is 5.91 Å². The molecule has 3 unspecified atom stereocenters. The molecule has 0 aromatic rings. The minimum absolute atomic E-state index is 0.0830. The molecule has 6 nitrogen and oxygen atoms in total. The Labute approximate surface area is 107 Å². The second kappa shape index (κ2) is 6.15. The van der Waals surface area contributed by atoms with Crippen LogP contribution in [0.15, 0.2) is 0 Å². The van der Waals surface area contributed by atoms with Crippen molar-refractivity contribution in [1.82, 2.24) is 9.80 Å². The summed E-state index contributed by atoms with van der Waals surface area (Å²) in [5.74, 6) is -1.06. The van der Waals surface area contributed by atoms with E-state index < -0.39 is 24.2 Å². The monoisotopic (exact) mass is 258 g/mol. The van der Waals surface area contributed by atoms with Crippen LogP contribution in [0.5, 0.6) is 0 Å². The molecule has 0 spiro atoms. The molecular weight excluding hydrogens is 236 g/mol. The molecule has 1 aliphatic heterocycles. The molecule has 2 N–H and O–H groups in total. The average molecular weight is 258 g/mol. The van der Waals surface area contributed by atoms with E-state index in [1.54, 1.807) is 16.7 Å². The first-order valence-electron chi connectivity index (χ1n) is 6.37. The number of nitrogens with zero attached hydrogens (tertiary/aromatic N) is 2. The molecule has 0 bridgehead atoms. The van der Waals surface area contributed by atoms with Gasteiger partial charge in [-0.15, -0.1) is 0 Å². The number of β-amino-alcohol motifs (C(OH)–C–C–N with tert-alkyl or cyclic N) is 1. The number of likely N-dealkylation sites (N-methyl/N-ethyl adjacent to an activating group) is 1. The van der Waals surface area contributed by atoms with Gasteiger partial charge < -0.3 is 15.1 Å². The Balaban J connectivity index is 2.78. The maximum Gasteiger partial charge on any atom is 0.321 e. The zero-order valence-electron chi connectivity index (χ0n) is 11.2. The number of hydrogen-bond acceptors (Lipinski definition) is 4. The van der Waals surface area contributed by atoms with Crippen LogP contribution in [0.3, 0.4) is 0 Å². The van der Waals surface area contributed by atoms with Crippen LogP contribution in [0.2, 0.25) is 0 Å². The predicted octanol–water partition coefficient (Wildman–Crippen LogP) is -0.237. The van der Waals surface area contributed by atoms with E-state index in [4.69, 9.17) is 5.11 Å². The molecule has 0 aliphatic carbocycles. The normalized spacial score (nSPS) is 26.0. The summed E-state index contributed by atoms with van der Waals surface area (Å²) in [6.45, 7) is 6.94. The number of aliphatic hydroxyl groups excluding tert-OH is 1. The van der Waals surface area contributed by atoms with Gasteiger partial charge in [-0.05, 0) is 20.8 Å². The van der Waals surface area contributed by atoms with Gasteiger partial charge in [0, 0.05) is 26.1 Å². The Morgan fingerprint density at radius 3 is 2.39 bits per heavy atom. The van der Waals surface area contributed by atoms with E-state index >= 15 is 0 Å². The largest absolute Gasteiger partial charge is 0.480 e. The Hall–Kier alpha value is -1.14. The number of hydrogen-bond donors (Lipinski definition) is 2. The summed E-state index contributed by atoms with van der Waals surface area (Å²) in [6.07, 6.45) is -0.483. The number of carbonyl (C=O) groups excluding carboxylic acids is 1. The number of likely N-dealkylation sites (tertiary alicyclic amines) is 1. The van der Waals surface area contributed by atoms with Crippen LogP contribution >= 0.6 is 0 Å². The molecule has 0 radical (unpaired) electrons. The number of carboxylic acids is 1. The van der Waals surface area contributed by atoms with E-state index in [1.807, 2.05) is 13.8 Å². The molecule has 1 saturated heterocycles. The number of aliphatic hydroxyl groups is 1. The van der Waals surface area contributed by atoms with Crippen LogP contribution in [0, 0.1) is 0 Å². The second-order valence-electron chi connectivity index (χ2n) is 4.63. The van der Waals surface area contributed by atoms with Crippen molar-refractivity contribution in [2.45, 2.75) is 45.4 Å². The maximum absolute atomic E-state index is 12.2. The molecule has 1 fully saturated rings. The fraction of sp³-hybridized carbons (Fsp3) is 0.833. The summed E-state index contributed by atoms with van der Waals surface area (Å²) >= 11 is 0. The molecule has 18 heavy (non-hydrogen) atoms. The topological polar surface area (TPSA) is 81.1 Å². The standard InChI is InChI=1S/C12H22N2O4/c1-4-13(5-2)11(16)8(3)14-7-9(15)6-10(14)12(17)18/h8-10,15H,4-7H2,1-3H3,(H,17,18). The van der Waals surface area contributed by atoms with Gasteiger partial charge in [-0.1, -0.05) is 0 Å². The van der Waals surface area contributed by atoms with E-state index in [9.17, 15) is 14.7 Å². The minimum Gasteiger partial charge on any atom is -0.480 e. The van der Waals surface area contributed by atoms with Crippen molar-refractivity contribution in [1.29, 1.82) is 0 Å². The highest BCUT2D eigenvalue weighted by molar-refractivity contribution is 5.83. The van der Waals surface area contributed by atoms with Crippen molar-refractivity contribution in [3.8, 4) is 0 Å². The van der Waals surface area contributed by atoms with Gasteiger partial charge in [0.15, 0.2) is 0 Å². The lowest BCUT2D eigenvalue weighted by atomic mass is 10.1. The number of rotatable bonds is 5. The van der Waals surface area contributed by atoms with Crippen LogP contribution in [0.1, 0.15) is 27.2 Å². The van der Waals surface area contributed by atoms with Crippen molar-refractivity contribution in [3.63, 3.8) is 0 Å². The summed E-state index contributed by atoms with van der Waals surface area (Å²) in [7, 11) is 0. The highest BCUT2D eigenvalue weighted by Gasteiger charge is 2.41. The molecule has 0 aromatic carbocycles. The van der Waals surface area contributed by atoms with Gasteiger partial charge in [-0.25, -0.2) is 0 Å². The van der Waals surface area contributed by atoms with Gasteiger partial charge in [-0.2, -0.15) is 0 Å². The summed E-state index contributed by atoms with van der Waals surface area (Å²) in [5.41, 5.74) is 0. The Morgan fingerprint density at radius 1 is 1.39 bits per heavy atom. The fourth-order valence-corrected chi connectivity index (χ4v) is 2.45. The highest BCUT2D eigenvalue weighted by atomic mass is 16.4. The first-order chi connectivity index (χ1) is 8.42. The molecule has 0 aromatic heterocycles. The lowest BCUT2D eigenvalue weighted by Crippen LogP contribution is -2.50. The summed E-state index contributed by atoms with van der Waals surface area (Å²) in [6, 6.07) is -1.28. The Kier molecular flexibility index (Phi) is 5.10. The molecule has 0 saturated carbocycles. The number of carbonyl (C=O) groups is 2. The molecule has 104 valence electrons. The Bertz CT molecular complexity index is 317. The summed E-state index contributed by atoms with van der Waals surface area (Å²) in [5, 5.41) is 18.7. The van der Waals surface area contributed by atoms with E-state index in [2.05, 4.69) is 0 Å². The molecule has 1 amide bonds. The molecule has 1 heterocycles. The van der Waals surface area contributed by atoms with Crippen LogP contribution in [0.25, 0.3) is 0 Å². The third kappa shape index (κ3) is 3.00. The van der Waals surface area contributed by atoms with E-state index in [1.165, 1.54) is 0 Å². The predicted molar refractivity (Wildman–Crippen MR) is 66.1 cm³/mol. The molecule has 1 rings (SSSR count). The molecule has 1 aliphatic rings. The number of amides is 1. The van der Waals surface area contributed by atoms with Gasteiger partial charge >= 0.3 is 5.97 Å². The van der Waals surface area contributed by atoms with Crippen LogP contribution in [-0.2, 0) is 9.59 Å². The van der Waals surface area contributed by atoms with Gasteiger partial charge in [0.1, 0.15) is 6.04 Å². The average Bonchev–Trinajstić information content (AvgIpc) is 2.72. The first-order valence-corrected chi connectivity index (χ1v) is 6.37. The number of carboxylic acid groups (broad SMARTS) is 1. The highest BCUT2D eigenvalue weighted by Crippen LogP contribution is 2.21. The summed E-state index contributed by atoms with van der Waals surface area (Å²) in [4.78, 5) is 26.5. The zero-order valence-corrected chi connectivity index (χ0v) is 11.2. The maximum atomic E-state index is 12.2. The quantitative estimate of drug-likeness (QED) is 0.711. The van der Waals surface area contributed by atoms with E-state index in [0.717, 1.165) is 0 Å². The number of aliphatic carboxylic acids is 1. The third-order valence-corrected chi connectivity index (χ3v) is 3.53. The van der Waals surface area contributed by atoms with Gasteiger partial charge in [-0.3, -0.25) is 14.5 Å². The molecular formula is C12H22N2O4. The Morgan fingerprint density at radius 2 is 1.94 bits per heavy atom. The lowest BCUT2D eigenvalue weighted by Gasteiger charge is -2.31. The second-order valence-corrected chi connectivity index (χ2v) is 4.63. The van der Waals surface area contributed by atoms with E-state index in [0.29, 0.717) is 13.1 Å².